The van der Waals surface area contributed by atoms with Crippen LogP contribution in [-0.4, -0.2) is 8.42 Å². The zero-order valence-corrected chi connectivity index (χ0v) is 12.2. The van der Waals surface area contributed by atoms with Crippen LogP contribution in [0.25, 0.3) is 6.08 Å². The van der Waals surface area contributed by atoms with Crippen LogP contribution in [0.1, 0.15) is 11.1 Å². The van der Waals surface area contributed by atoms with Crippen LogP contribution in [0.4, 0.5) is 0 Å². The number of rotatable bonds is 5. The molecule has 0 saturated carbocycles. The maximum atomic E-state index is 11.8. The highest BCUT2D eigenvalue weighted by Crippen LogP contribution is 2.11. The highest BCUT2D eigenvalue weighted by Gasteiger charge is 2.04. The van der Waals surface area contributed by atoms with Gasteiger partial charge in [-0.15, -0.1) is 0 Å². The van der Waals surface area contributed by atoms with E-state index in [1.54, 1.807) is 24.3 Å². The third kappa shape index (κ3) is 4.81. The molecule has 0 aliphatic heterocycles. The second kappa shape index (κ2) is 6.70. The lowest BCUT2D eigenvalue weighted by molar-refractivity contribution is 0.591. The first kappa shape index (κ1) is 14.8. The van der Waals surface area contributed by atoms with Gasteiger partial charge >= 0.3 is 0 Å². The Kier molecular flexibility index (Phi) is 4.95. The minimum atomic E-state index is -3.45. The maximum Gasteiger partial charge on any atom is 0.234 e. The predicted octanol–water partition coefficient (Wildman–Crippen LogP) is 3.43. The quantitative estimate of drug-likeness (QED) is 0.920. The molecule has 0 radical (unpaired) electrons. The average molecular weight is 308 g/mol. The highest BCUT2D eigenvalue weighted by atomic mass is 35.5. The molecule has 5 heteroatoms. The first-order valence-corrected chi connectivity index (χ1v) is 7.95. The topological polar surface area (TPSA) is 46.2 Å². The molecule has 0 unspecified atom stereocenters. The van der Waals surface area contributed by atoms with E-state index in [4.69, 9.17) is 11.6 Å². The van der Waals surface area contributed by atoms with Crippen molar-refractivity contribution in [2.45, 2.75) is 6.54 Å². The molecule has 0 bridgehead atoms. The molecule has 0 fully saturated rings. The third-order valence-corrected chi connectivity index (χ3v) is 3.92. The minimum Gasteiger partial charge on any atom is -0.208 e. The summed E-state index contributed by atoms with van der Waals surface area (Å²) in [6.07, 6.45) is 1.53. The summed E-state index contributed by atoms with van der Waals surface area (Å²) >= 11 is 5.76. The Labute approximate surface area is 124 Å². The van der Waals surface area contributed by atoms with E-state index in [2.05, 4.69) is 4.72 Å². The van der Waals surface area contributed by atoms with Crippen molar-refractivity contribution in [3.05, 3.63) is 76.2 Å². The second-order valence-corrected chi connectivity index (χ2v) is 6.29. The van der Waals surface area contributed by atoms with Gasteiger partial charge < -0.3 is 0 Å². The van der Waals surface area contributed by atoms with E-state index < -0.39 is 10.0 Å². The van der Waals surface area contributed by atoms with Crippen molar-refractivity contribution >= 4 is 27.7 Å². The summed E-state index contributed by atoms with van der Waals surface area (Å²) in [5.74, 6) is 0. The van der Waals surface area contributed by atoms with Crippen molar-refractivity contribution in [2.75, 3.05) is 0 Å². The molecular formula is C15H14ClNO2S. The number of halogens is 1. The van der Waals surface area contributed by atoms with E-state index in [0.29, 0.717) is 5.02 Å². The fraction of sp³-hybridized carbons (Fsp3) is 0.0667. The Morgan fingerprint density at radius 2 is 1.65 bits per heavy atom. The number of nitrogens with one attached hydrogen (secondary N) is 1. The molecule has 0 saturated heterocycles. The van der Waals surface area contributed by atoms with Crippen LogP contribution >= 0.6 is 11.6 Å². The van der Waals surface area contributed by atoms with Crippen LogP contribution < -0.4 is 4.72 Å². The van der Waals surface area contributed by atoms with Gasteiger partial charge in [-0.2, -0.15) is 0 Å². The van der Waals surface area contributed by atoms with Crippen LogP contribution in [-0.2, 0) is 16.6 Å². The van der Waals surface area contributed by atoms with Gasteiger partial charge in [-0.3, -0.25) is 0 Å². The average Bonchev–Trinajstić information content (AvgIpc) is 2.46. The van der Waals surface area contributed by atoms with E-state index in [-0.39, 0.29) is 6.54 Å². The molecular weight excluding hydrogens is 294 g/mol. The van der Waals surface area contributed by atoms with Crippen molar-refractivity contribution in [3.8, 4) is 0 Å². The van der Waals surface area contributed by atoms with Gasteiger partial charge in [0.05, 0.1) is 0 Å². The Balaban J connectivity index is 1.98. The molecule has 3 nitrogen and oxygen atoms in total. The molecule has 0 aliphatic carbocycles. The van der Waals surface area contributed by atoms with Crippen LogP contribution in [0.15, 0.2) is 60.0 Å². The van der Waals surface area contributed by atoms with Gasteiger partial charge in [0.25, 0.3) is 0 Å². The first-order chi connectivity index (χ1) is 9.55. The predicted molar refractivity (Wildman–Crippen MR) is 82.7 cm³/mol. The van der Waals surface area contributed by atoms with Crippen molar-refractivity contribution in [1.82, 2.24) is 4.72 Å². The van der Waals surface area contributed by atoms with Gasteiger partial charge in [0.1, 0.15) is 0 Å². The lowest BCUT2D eigenvalue weighted by Gasteiger charge is -2.02. The Hall–Kier alpha value is -1.62. The van der Waals surface area contributed by atoms with Gasteiger partial charge in [0, 0.05) is 17.0 Å². The van der Waals surface area contributed by atoms with Crippen molar-refractivity contribution in [3.63, 3.8) is 0 Å². The largest absolute Gasteiger partial charge is 0.234 e. The molecule has 0 amide bonds. The number of sulfonamides is 1. The monoisotopic (exact) mass is 307 g/mol. The number of hydrogen-bond donors (Lipinski definition) is 1. The Morgan fingerprint density at radius 3 is 2.30 bits per heavy atom. The fourth-order valence-electron chi connectivity index (χ4n) is 1.57. The van der Waals surface area contributed by atoms with Gasteiger partial charge in [0.2, 0.25) is 10.0 Å². The normalized spacial score (nSPS) is 11.8. The molecule has 0 atom stereocenters. The van der Waals surface area contributed by atoms with Crippen LogP contribution in [0.5, 0.6) is 0 Å². The van der Waals surface area contributed by atoms with Gasteiger partial charge in [-0.05, 0) is 29.3 Å². The maximum absolute atomic E-state index is 11.8. The van der Waals surface area contributed by atoms with Gasteiger partial charge in [-0.25, -0.2) is 13.1 Å². The van der Waals surface area contributed by atoms with Gasteiger partial charge in [-0.1, -0.05) is 54.1 Å². The van der Waals surface area contributed by atoms with E-state index in [1.807, 2.05) is 30.3 Å². The number of benzene rings is 2. The lowest BCUT2D eigenvalue weighted by atomic mass is 10.2. The highest BCUT2D eigenvalue weighted by molar-refractivity contribution is 7.92. The summed E-state index contributed by atoms with van der Waals surface area (Å²) in [5.41, 5.74) is 1.69. The molecule has 2 aromatic carbocycles. The molecule has 0 aliphatic rings. The van der Waals surface area contributed by atoms with Crippen LogP contribution in [0.3, 0.4) is 0 Å². The van der Waals surface area contributed by atoms with Crippen LogP contribution in [0.2, 0.25) is 5.02 Å². The molecule has 0 aromatic heterocycles. The van der Waals surface area contributed by atoms with Gasteiger partial charge in [0.15, 0.2) is 0 Å². The standard InChI is InChI=1S/C15H14ClNO2S/c16-15-8-6-13(7-9-15)10-11-20(18,19)17-12-14-4-2-1-3-5-14/h1-11,17H,12H2. The lowest BCUT2D eigenvalue weighted by Crippen LogP contribution is -2.20. The molecule has 20 heavy (non-hydrogen) atoms. The second-order valence-electron chi connectivity index (χ2n) is 4.21. The first-order valence-electron chi connectivity index (χ1n) is 6.02. The number of hydrogen-bond acceptors (Lipinski definition) is 2. The third-order valence-electron chi connectivity index (χ3n) is 2.63. The summed E-state index contributed by atoms with van der Waals surface area (Å²) < 4.78 is 26.2. The summed E-state index contributed by atoms with van der Waals surface area (Å²) in [6, 6.07) is 16.3. The summed E-state index contributed by atoms with van der Waals surface area (Å²) in [5, 5.41) is 1.77. The SMILES string of the molecule is O=S(=O)(C=Cc1ccc(Cl)cc1)NCc1ccccc1. The van der Waals surface area contributed by atoms with E-state index in [9.17, 15) is 8.42 Å². The molecule has 1 N–H and O–H groups in total. The van der Waals surface area contributed by atoms with E-state index >= 15 is 0 Å². The smallest absolute Gasteiger partial charge is 0.208 e. The minimum absolute atomic E-state index is 0.272. The van der Waals surface area contributed by atoms with Crippen LogP contribution in [0, 0.1) is 0 Å². The van der Waals surface area contributed by atoms with Crippen molar-refractivity contribution in [1.29, 1.82) is 0 Å². The van der Waals surface area contributed by atoms with Crippen molar-refractivity contribution < 1.29 is 8.42 Å². The summed E-state index contributed by atoms with van der Waals surface area (Å²) in [7, 11) is -3.45. The summed E-state index contributed by atoms with van der Waals surface area (Å²) in [4.78, 5) is 0. The zero-order valence-electron chi connectivity index (χ0n) is 10.7. The molecule has 2 rings (SSSR count). The molecule has 2 aromatic rings. The zero-order chi connectivity index (χ0) is 14.4. The van der Waals surface area contributed by atoms with E-state index in [0.717, 1.165) is 16.5 Å². The molecule has 0 heterocycles. The summed E-state index contributed by atoms with van der Waals surface area (Å²) in [6.45, 7) is 0.272. The van der Waals surface area contributed by atoms with Crippen molar-refractivity contribution in [2.24, 2.45) is 0 Å². The Bertz CT molecular complexity index is 680. The van der Waals surface area contributed by atoms with E-state index in [1.165, 1.54) is 6.08 Å². The Morgan fingerprint density at radius 1 is 1.00 bits per heavy atom. The fourth-order valence-corrected chi connectivity index (χ4v) is 2.50. The molecule has 0 spiro atoms. The molecule has 104 valence electrons.